The normalized spacial score (nSPS) is 46.1. The minimum Gasteiger partial charge on any atom is -0.441 e. The number of nitrogens with zero attached hydrogens (tertiary/aromatic N) is 1. The standard InChI is InChI=1S/C20H20N2O3/c1-12-17(24)25-20-18(12)7-4-9-22(20)10-8-19(20)13-5-2-3-6-15(13)21-16(23)14(19)11-18/h2-7,12,14H,8-11H2,1H3,(H,21,23)/t12-,14-,18+,19+,20-/m1/s1. The summed E-state index contributed by atoms with van der Waals surface area (Å²) in [5, 5.41) is 3.11. The zero-order chi connectivity index (χ0) is 17.0. The number of rotatable bonds is 0. The first-order chi connectivity index (χ1) is 12.1. The largest absolute Gasteiger partial charge is 0.441 e. The maximum absolute atomic E-state index is 13.1. The molecular weight excluding hydrogens is 316 g/mol. The minimum atomic E-state index is -0.718. The van der Waals surface area contributed by atoms with E-state index >= 15 is 0 Å². The summed E-state index contributed by atoms with van der Waals surface area (Å²) in [6.45, 7) is 3.60. The lowest BCUT2D eigenvalue weighted by atomic mass is 9.61. The average molecular weight is 336 g/mol. The first kappa shape index (κ1) is 14.1. The Hall–Kier alpha value is -2.14. The van der Waals surface area contributed by atoms with Crippen LogP contribution in [0.3, 0.4) is 0 Å². The van der Waals surface area contributed by atoms with E-state index in [-0.39, 0.29) is 23.7 Å². The summed E-state index contributed by atoms with van der Waals surface area (Å²) >= 11 is 0. The fraction of sp³-hybridized carbons (Fsp3) is 0.500. The number of fused-ring (bicyclic) bond motifs is 1. The molecule has 1 aromatic rings. The van der Waals surface area contributed by atoms with Gasteiger partial charge in [-0.2, -0.15) is 0 Å². The van der Waals surface area contributed by atoms with Crippen molar-refractivity contribution in [1.82, 2.24) is 4.90 Å². The van der Waals surface area contributed by atoms with Gasteiger partial charge in [0, 0.05) is 18.8 Å². The van der Waals surface area contributed by atoms with Crippen molar-refractivity contribution in [1.29, 1.82) is 0 Å². The second-order valence-corrected chi connectivity index (χ2v) is 8.19. The highest BCUT2D eigenvalue weighted by Gasteiger charge is 2.85. The smallest absolute Gasteiger partial charge is 0.311 e. The highest BCUT2D eigenvalue weighted by atomic mass is 16.6. The Morgan fingerprint density at radius 1 is 1.28 bits per heavy atom. The fourth-order valence-electron chi connectivity index (χ4n) is 6.81. The summed E-state index contributed by atoms with van der Waals surface area (Å²) < 4.78 is 6.29. The molecule has 1 aliphatic carbocycles. The number of nitrogens with one attached hydrogen (secondary N) is 1. The van der Waals surface area contributed by atoms with E-state index in [1.807, 2.05) is 25.1 Å². The molecule has 1 amide bonds. The number of hydrogen-bond donors (Lipinski definition) is 1. The van der Waals surface area contributed by atoms with Crippen LogP contribution in [-0.4, -0.2) is 35.6 Å². The average Bonchev–Trinajstić information content (AvgIpc) is 3.16. The molecule has 4 aliphatic heterocycles. The second-order valence-electron chi connectivity index (χ2n) is 8.19. The zero-order valence-electron chi connectivity index (χ0n) is 14.1. The molecule has 5 atom stereocenters. The molecule has 0 radical (unpaired) electrons. The van der Waals surface area contributed by atoms with Crippen LogP contribution >= 0.6 is 0 Å². The van der Waals surface area contributed by atoms with Crippen molar-refractivity contribution in [2.24, 2.45) is 17.3 Å². The third-order valence-electron chi connectivity index (χ3n) is 7.69. The number of benzene rings is 1. The molecule has 6 rings (SSSR count). The minimum absolute atomic E-state index is 0.0762. The van der Waals surface area contributed by atoms with Gasteiger partial charge in [0.05, 0.1) is 22.7 Å². The Morgan fingerprint density at radius 2 is 2.12 bits per heavy atom. The third-order valence-corrected chi connectivity index (χ3v) is 7.69. The number of esters is 1. The van der Waals surface area contributed by atoms with Crippen LogP contribution < -0.4 is 5.32 Å². The SMILES string of the molecule is C[C@@H]1C(=O)O[C@]23N4CC=C[C@]12C[C@@H]1C(=O)Nc2ccccc2[C@@]13CC4. The van der Waals surface area contributed by atoms with E-state index in [2.05, 4.69) is 28.4 Å². The summed E-state index contributed by atoms with van der Waals surface area (Å²) in [5.74, 6) is -0.440. The van der Waals surface area contributed by atoms with Crippen LogP contribution in [0.1, 0.15) is 25.3 Å². The summed E-state index contributed by atoms with van der Waals surface area (Å²) in [5.41, 5.74) is 0.432. The van der Waals surface area contributed by atoms with Crippen molar-refractivity contribution >= 4 is 17.6 Å². The van der Waals surface area contributed by atoms with Gasteiger partial charge in [0.15, 0.2) is 5.72 Å². The van der Waals surface area contributed by atoms with Crippen molar-refractivity contribution in [2.75, 3.05) is 18.4 Å². The van der Waals surface area contributed by atoms with Gasteiger partial charge < -0.3 is 10.1 Å². The van der Waals surface area contributed by atoms with E-state index in [0.29, 0.717) is 6.42 Å². The molecule has 3 fully saturated rings. The predicted molar refractivity (Wildman–Crippen MR) is 90.6 cm³/mol. The van der Waals surface area contributed by atoms with Crippen LogP contribution in [0.2, 0.25) is 0 Å². The monoisotopic (exact) mass is 336 g/mol. The third kappa shape index (κ3) is 1.17. The Morgan fingerprint density at radius 3 is 3.00 bits per heavy atom. The van der Waals surface area contributed by atoms with Crippen molar-refractivity contribution < 1.29 is 14.3 Å². The molecule has 4 heterocycles. The van der Waals surface area contributed by atoms with Crippen molar-refractivity contribution in [3.05, 3.63) is 42.0 Å². The Balaban J connectivity index is 1.74. The molecule has 5 heteroatoms. The molecule has 0 unspecified atom stereocenters. The molecule has 128 valence electrons. The van der Waals surface area contributed by atoms with Crippen LogP contribution in [0.15, 0.2) is 36.4 Å². The summed E-state index contributed by atoms with van der Waals surface area (Å²) in [6, 6.07) is 8.06. The molecule has 5 aliphatic rings. The lowest BCUT2D eigenvalue weighted by Crippen LogP contribution is -2.64. The second kappa shape index (κ2) is 3.98. The van der Waals surface area contributed by atoms with Gasteiger partial charge in [-0.25, -0.2) is 0 Å². The Kier molecular flexibility index (Phi) is 2.24. The predicted octanol–water partition coefficient (Wildman–Crippen LogP) is 2.05. The summed E-state index contributed by atoms with van der Waals surface area (Å²) in [7, 11) is 0. The Labute approximate surface area is 146 Å². The molecular formula is C20H20N2O3. The quantitative estimate of drug-likeness (QED) is 0.582. The molecule has 0 bridgehead atoms. The lowest BCUT2D eigenvalue weighted by Gasteiger charge is -2.51. The van der Waals surface area contributed by atoms with Gasteiger partial charge in [-0.1, -0.05) is 37.3 Å². The number of para-hydroxylation sites is 1. The molecule has 0 aromatic heterocycles. The van der Waals surface area contributed by atoms with E-state index in [9.17, 15) is 9.59 Å². The van der Waals surface area contributed by atoms with Crippen molar-refractivity contribution in [3.63, 3.8) is 0 Å². The number of carbonyl (C=O) groups is 2. The molecule has 1 N–H and O–H groups in total. The van der Waals surface area contributed by atoms with E-state index in [4.69, 9.17) is 4.74 Å². The van der Waals surface area contributed by atoms with Crippen LogP contribution in [-0.2, 0) is 19.7 Å². The van der Waals surface area contributed by atoms with Gasteiger partial charge in [-0.05, 0) is 24.5 Å². The summed E-state index contributed by atoms with van der Waals surface area (Å²) in [6.07, 6.45) is 5.88. The number of amides is 1. The maximum atomic E-state index is 13.1. The van der Waals surface area contributed by atoms with Crippen molar-refractivity contribution in [2.45, 2.75) is 30.9 Å². The zero-order valence-corrected chi connectivity index (χ0v) is 14.1. The molecule has 1 aromatic carbocycles. The van der Waals surface area contributed by atoms with E-state index in [0.717, 1.165) is 30.8 Å². The summed E-state index contributed by atoms with van der Waals surface area (Å²) in [4.78, 5) is 28.2. The molecule has 1 saturated carbocycles. The topological polar surface area (TPSA) is 58.6 Å². The molecule has 25 heavy (non-hydrogen) atoms. The highest BCUT2D eigenvalue weighted by Crippen LogP contribution is 2.75. The Bertz CT molecular complexity index is 879. The number of ether oxygens (including phenoxy) is 1. The first-order valence-electron chi connectivity index (χ1n) is 9.13. The van der Waals surface area contributed by atoms with Crippen molar-refractivity contribution in [3.8, 4) is 0 Å². The van der Waals surface area contributed by atoms with Gasteiger partial charge in [0.1, 0.15) is 0 Å². The molecule has 2 spiro atoms. The van der Waals surface area contributed by atoms with Crippen LogP contribution in [0, 0.1) is 17.3 Å². The number of hydrogen-bond acceptors (Lipinski definition) is 4. The molecule has 5 nitrogen and oxygen atoms in total. The number of carbonyl (C=O) groups excluding carboxylic acids is 2. The van der Waals surface area contributed by atoms with Gasteiger partial charge in [0.25, 0.3) is 0 Å². The fourth-order valence-corrected chi connectivity index (χ4v) is 6.81. The van der Waals surface area contributed by atoms with Gasteiger partial charge in [-0.15, -0.1) is 0 Å². The van der Waals surface area contributed by atoms with Crippen LogP contribution in [0.4, 0.5) is 5.69 Å². The van der Waals surface area contributed by atoms with Crippen LogP contribution in [0.5, 0.6) is 0 Å². The first-order valence-corrected chi connectivity index (χ1v) is 9.13. The van der Waals surface area contributed by atoms with Gasteiger partial charge in [0.2, 0.25) is 5.91 Å². The van der Waals surface area contributed by atoms with E-state index in [1.165, 1.54) is 0 Å². The maximum Gasteiger partial charge on any atom is 0.311 e. The van der Waals surface area contributed by atoms with Gasteiger partial charge in [-0.3, -0.25) is 14.5 Å². The lowest BCUT2D eigenvalue weighted by molar-refractivity contribution is -0.184. The number of anilines is 1. The van der Waals surface area contributed by atoms with Gasteiger partial charge >= 0.3 is 5.97 Å². The van der Waals surface area contributed by atoms with Crippen LogP contribution in [0.25, 0.3) is 0 Å². The highest BCUT2D eigenvalue weighted by molar-refractivity contribution is 5.99. The van der Waals surface area contributed by atoms with E-state index in [1.54, 1.807) is 0 Å². The van der Waals surface area contributed by atoms with E-state index < -0.39 is 16.6 Å². The molecule has 2 saturated heterocycles.